The third-order valence-electron chi connectivity index (χ3n) is 5.01. The first-order valence-electron chi connectivity index (χ1n) is 9.00. The monoisotopic (exact) mass is 394 g/mol. The van der Waals surface area contributed by atoms with Gasteiger partial charge in [0.1, 0.15) is 5.75 Å². The van der Waals surface area contributed by atoms with E-state index in [0.29, 0.717) is 35.8 Å². The van der Waals surface area contributed by atoms with Gasteiger partial charge in [0, 0.05) is 31.1 Å². The number of hydrogen-bond acceptors (Lipinski definition) is 4. The number of nitrogens with zero attached hydrogens (tertiary/aromatic N) is 2. The number of amides is 2. The number of aliphatic carboxylic acids is 1. The third-order valence-corrected chi connectivity index (χ3v) is 5.24. The molecule has 0 aromatic heterocycles. The van der Waals surface area contributed by atoms with Gasteiger partial charge in [-0.2, -0.15) is 0 Å². The highest BCUT2D eigenvalue weighted by Crippen LogP contribution is 2.39. The lowest BCUT2D eigenvalue weighted by molar-refractivity contribution is -0.145. The Morgan fingerprint density at radius 1 is 1.37 bits per heavy atom. The second kappa shape index (κ2) is 7.38. The lowest BCUT2D eigenvalue weighted by Gasteiger charge is -2.39. The maximum absolute atomic E-state index is 12.8. The molecule has 1 fully saturated rings. The maximum Gasteiger partial charge on any atom is 0.308 e. The summed E-state index contributed by atoms with van der Waals surface area (Å²) in [5.74, 6) is -1.25. The summed E-state index contributed by atoms with van der Waals surface area (Å²) in [5, 5.41) is 9.66. The van der Waals surface area contributed by atoms with Crippen LogP contribution < -0.4 is 9.64 Å². The van der Waals surface area contributed by atoms with E-state index in [-0.39, 0.29) is 31.3 Å². The van der Waals surface area contributed by atoms with Crippen LogP contribution in [-0.2, 0) is 14.4 Å². The number of hydrogen-bond donors (Lipinski definition) is 1. The molecule has 2 heterocycles. The lowest BCUT2D eigenvalue weighted by Crippen LogP contribution is -2.53. The van der Waals surface area contributed by atoms with E-state index >= 15 is 0 Å². The Kier molecular flexibility index (Phi) is 5.33. The Hall–Kier alpha value is -2.28. The molecular weight excluding hydrogens is 372 g/mol. The number of halogens is 1. The van der Waals surface area contributed by atoms with Crippen LogP contribution in [0.3, 0.4) is 0 Å². The zero-order valence-corrected chi connectivity index (χ0v) is 16.2. The fourth-order valence-electron chi connectivity index (χ4n) is 3.53. The van der Waals surface area contributed by atoms with Crippen molar-refractivity contribution in [2.45, 2.75) is 38.7 Å². The molecular formula is C19H23ClN2O5. The zero-order valence-electron chi connectivity index (χ0n) is 15.4. The molecule has 7 nitrogen and oxygen atoms in total. The van der Waals surface area contributed by atoms with Crippen molar-refractivity contribution >= 4 is 35.1 Å². The van der Waals surface area contributed by atoms with E-state index < -0.39 is 17.5 Å². The highest BCUT2D eigenvalue weighted by atomic mass is 35.5. The van der Waals surface area contributed by atoms with Crippen LogP contribution >= 0.6 is 11.6 Å². The van der Waals surface area contributed by atoms with Gasteiger partial charge in [0.25, 0.3) is 5.91 Å². The van der Waals surface area contributed by atoms with Crippen molar-refractivity contribution in [3.63, 3.8) is 0 Å². The molecule has 1 saturated heterocycles. The summed E-state index contributed by atoms with van der Waals surface area (Å²) in [6.45, 7) is 4.33. The number of carbonyl (C=O) groups is 3. The number of fused-ring (bicyclic) bond motifs is 1. The van der Waals surface area contributed by atoms with Crippen LogP contribution in [0.25, 0.3) is 0 Å². The molecule has 8 heteroatoms. The fourth-order valence-corrected chi connectivity index (χ4v) is 3.70. The molecule has 0 spiro atoms. The average Bonchev–Trinajstić information content (AvgIpc) is 2.62. The fraction of sp³-hybridized carbons (Fsp3) is 0.526. The van der Waals surface area contributed by atoms with Gasteiger partial charge in [-0.15, -0.1) is 0 Å². The first kappa shape index (κ1) is 19.5. The Labute approximate surface area is 162 Å². The number of carboxylic acids is 1. The minimum atomic E-state index is -1.04. The van der Waals surface area contributed by atoms with Crippen LogP contribution in [0.2, 0.25) is 5.02 Å². The number of ether oxygens (including phenoxy) is 1. The Balaban J connectivity index is 1.73. The van der Waals surface area contributed by atoms with E-state index in [4.69, 9.17) is 16.3 Å². The number of anilines is 1. The molecule has 0 aliphatic carbocycles. The molecule has 1 unspecified atom stereocenters. The van der Waals surface area contributed by atoms with E-state index in [1.807, 2.05) is 0 Å². The largest absolute Gasteiger partial charge is 0.481 e. The molecule has 1 atom stereocenters. The zero-order chi connectivity index (χ0) is 19.8. The van der Waals surface area contributed by atoms with Crippen molar-refractivity contribution < 1.29 is 24.2 Å². The molecule has 2 amide bonds. The van der Waals surface area contributed by atoms with Gasteiger partial charge in [0.05, 0.1) is 11.6 Å². The molecule has 1 N–H and O–H groups in total. The molecule has 2 aliphatic heterocycles. The standard InChI is InChI=1S/C19H23ClN2O5/c1-19(2)18(26)22(14-10-13(20)5-6-15(14)27-19)9-7-16(23)21-8-3-4-12(11-21)17(24)25/h5-6,10,12H,3-4,7-9,11H2,1-2H3,(H,24,25). The Morgan fingerprint density at radius 3 is 2.81 bits per heavy atom. The Morgan fingerprint density at radius 2 is 2.11 bits per heavy atom. The molecule has 1 aromatic rings. The predicted octanol–water partition coefficient (Wildman–Crippen LogP) is 2.56. The SMILES string of the molecule is CC1(C)Oc2ccc(Cl)cc2N(CCC(=O)N2CCCC(C(=O)O)C2)C1=O. The first-order chi connectivity index (χ1) is 12.7. The minimum Gasteiger partial charge on any atom is -0.481 e. The van der Waals surface area contributed by atoms with E-state index in [9.17, 15) is 19.5 Å². The van der Waals surface area contributed by atoms with Crippen LogP contribution in [0.4, 0.5) is 5.69 Å². The summed E-state index contributed by atoms with van der Waals surface area (Å²) in [5.41, 5.74) is -0.495. The molecule has 27 heavy (non-hydrogen) atoms. The van der Waals surface area contributed by atoms with E-state index in [2.05, 4.69) is 0 Å². The molecule has 1 aromatic carbocycles. The van der Waals surface area contributed by atoms with Gasteiger partial charge in [0.2, 0.25) is 5.91 Å². The topological polar surface area (TPSA) is 87.2 Å². The van der Waals surface area contributed by atoms with Crippen molar-refractivity contribution in [1.29, 1.82) is 0 Å². The summed E-state index contributed by atoms with van der Waals surface area (Å²) >= 11 is 6.07. The van der Waals surface area contributed by atoms with Crippen molar-refractivity contribution in [3.05, 3.63) is 23.2 Å². The molecule has 0 saturated carbocycles. The van der Waals surface area contributed by atoms with Crippen LogP contribution in [0.1, 0.15) is 33.1 Å². The van der Waals surface area contributed by atoms with E-state index in [1.54, 1.807) is 36.9 Å². The van der Waals surface area contributed by atoms with Crippen LogP contribution in [0, 0.1) is 5.92 Å². The quantitative estimate of drug-likeness (QED) is 0.848. The van der Waals surface area contributed by atoms with Gasteiger partial charge in [-0.1, -0.05) is 11.6 Å². The predicted molar refractivity (Wildman–Crippen MR) is 100 cm³/mol. The van der Waals surface area contributed by atoms with E-state index in [0.717, 1.165) is 0 Å². The van der Waals surface area contributed by atoms with Gasteiger partial charge in [0.15, 0.2) is 5.60 Å². The van der Waals surface area contributed by atoms with Crippen molar-refractivity contribution in [2.75, 3.05) is 24.5 Å². The van der Waals surface area contributed by atoms with E-state index in [1.165, 1.54) is 4.90 Å². The van der Waals surface area contributed by atoms with Crippen molar-refractivity contribution in [3.8, 4) is 5.75 Å². The van der Waals surface area contributed by atoms with Crippen molar-refractivity contribution in [1.82, 2.24) is 4.90 Å². The third kappa shape index (κ3) is 4.03. The first-order valence-corrected chi connectivity index (χ1v) is 9.38. The van der Waals surface area contributed by atoms with Gasteiger partial charge < -0.3 is 19.6 Å². The minimum absolute atomic E-state index is 0.111. The number of carbonyl (C=O) groups excluding carboxylic acids is 2. The molecule has 2 aliphatic rings. The maximum atomic E-state index is 12.8. The van der Waals surface area contributed by atoms with Crippen LogP contribution in [0.15, 0.2) is 18.2 Å². The summed E-state index contributed by atoms with van der Waals surface area (Å²) in [6, 6.07) is 5.05. The van der Waals surface area contributed by atoms with Gasteiger partial charge in [-0.25, -0.2) is 0 Å². The smallest absolute Gasteiger partial charge is 0.308 e. The number of piperidine rings is 1. The lowest BCUT2D eigenvalue weighted by atomic mass is 9.98. The summed E-state index contributed by atoms with van der Waals surface area (Å²) < 4.78 is 5.77. The number of benzene rings is 1. The summed E-state index contributed by atoms with van der Waals surface area (Å²) in [4.78, 5) is 39.7. The van der Waals surface area contributed by atoms with Crippen LogP contribution in [-0.4, -0.2) is 53.0 Å². The summed E-state index contributed by atoms with van der Waals surface area (Å²) in [7, 11) is 0. The van der Waals surface area contributed by atoms with Crippen molar-refractivity contribution in [2.24, 2.45) is 5.92 Å². The summed E-state index contributed by atoms with van der Waals surface area (Å²) in [6.07, 6.45) is 1.37. The van der Waals surface area contributed by atoms with Gasteiger partial charge in [-0.3, -0.25) is 14.4 Å². The number of carboxylic acid groups (broad SMARTS) is 1. The highest BCUT2D eigenvalue weighted by molar-refractivity contribution is 6.31. The van der Waals surface area contributed by atoms with Crippen LogP contribution in [0.5, 0.6) is 5.75 Å². The molecule has 146 valence electrons. The number of rotatable bonds is 4. The normalized spacial score (nSPS) is 21.4. The van der Waals surface area contributed by atoms with Gasteiger partial charge in [-0.05, 0) is 44.9 Å². The molecule has 0 bridgehead atoms. The van der Waals surface area contributed by atoms with Gasteiger partial charge >= 0.3 is 5.97 Å². The Bertz CT molecular complexity index is 779. The second-order valence-electron chi connectivity index (χ2n) is 7.45. The molecule has 3 rings (SSSR count). The highest BCUT2D eigenvalue weighted by Gasteiger charge is 2.41. The average molecular weight is 395 g/mol. The molecule has 0 radical (unpaired) electrons. The second-order valence-corrected chi connectivity index (χ2v) is 7.88. The number of likely N-dealkylation sites (tertiary alicyclic amines) is 1.